The van der Waals surface area contributed by atoms with Gasteiger partial charge in [-0.1, -0.05) is 58.7 Å². The maximum absolute atomic E-state index is 12.4. The Bertz CT molecular complexity index is 987. The van der Waals surface area contributed by atoms with Crippen molar-refractivity contribution in [3.05, 3.63) is 69.9 Å². The van der Waals surface area contributed by atoms with E-state index in [-0.39, 0.29) is 5.56 Å². The van der Waals surface area contributed by atoms with E-state index < -0.39 is 18.5 Å². The number of halogens is 2. The molecule has 1 amide bonds. The molecule has 0 aliphatic rings. The van der Waals surface area contributed by atoms with Gasteiger partial charge in [0.05, 0.1) is 10.0 Å². The van der Waals surface area contributed by atoms with E-state index >= 15 is 0 Å². The number of rotatable bonds is 5. The molecule has 3 aromatic rings. The van der Waals surface area contributed by atoms with Crippen molar-refractivity contribution in [3.63, 3.8) is 0 Å². The standard InChI is InChI=1S/C19H14Cl2N2O4/c1-11-17(18(23-27-11)12-5-3-2-4-6-12)19(25)26-10-16(24)22-13-7-8-14(20)15(21)9-13/h2-9H,10H2,1H3,(H,22,24). The van der Waals surface area contributed by atoms with Crippen LogP contribution in [0.5, 0.6) is 0 Å². The van der Waals surface area contributed by atoms with Crippen molar-refractivity contribution in [1.82, 2.24) is 5.16 Å². The summed E-state index contributed by atoms with van der Waals surface area (Å²) in [6, 6.07) is 13.7. The van der Waals surface area contributed by atoms with Gasteiger partial charge in [0.2, 0.25) is 0 Å². The van der Waals surface area contributed by atoms with E-state index in [1.807, 2.05) is 18.2 Å². The number of carbonyl (C=O) groups excluding carboxylic acids is 2. The molecule has 1 aromatic heterocycles. The first-order valence-electron chi connectivity index (χ1n) is 7.89. The zero-order chi connectivity index (χ0) is 19.4. The molecule has 1 heterocycles. The number of ether oxygens (including phenoxy) is 1. The summed E-state index contributed by atoms with van der Waals surface area (Å²) >= 11 is 11.7. The van der Waals surface area contributed by atoms with Gasteiger partial charge < -0.3 is 14.6 Å². The fourth-order valence-corrected chi connectivity index (χ4v) is 2.68. The Morgan fingerprint density at radius 1 is 1.11 bits per heavy atom. The summed E-state index contributed by atoms with van der Waals surface area (Å²) in [5.41, 5.74) is 1.70. The van der Waals surface area contributed by atoms with Gasteiger partial charge in [0.25, 0.3) is 5.91 Å². The Labute approximate surface area is 165 Å². The van der Waals surface area contributed by atoms with Crippen LogP contribution in [0.3, 0.4) is 0 Å². The molecule has 0 aliphatic carbocycles. The lowest BCUT2D eigenvalue weighted by molar-refractivity contribution is -0.119. The number of amides is 1. The molecule has 0 fully saturated rings. The highest BCUT2D eigenvalue weighted by Crippen LogP contribution is 2.26. The van der Waals surface area contributed by atoms with Crippen LogP contribution in [0.25, 0.3) is 11.3 Å². The Morgan fingerprint density at radius 3 is 2.56 bits per heavy atom. The van der Waals surface area contributed by atoms with Gasteiger partial charge in [0.15, 0.2) is 6.61 Å². The third kappa shape index (κ3) is 4.48. The van der Waals surface area contributed by atoms with Crippen molar-refractivity contribution in [3.8, 4) is 11.3 Å². The van der Waals surface area contributed by atoms with Crippen LogP contribution in [0.15, 0.2) is 53.1 Å². The van der Waals surface area contributed by atoms with Gasteiger partial charge in [0, 0.05) is 11.3 Å². The van der Waals surface area contributed by atoms with E-state index in [1.165, 1.54) is 6.07 Å². The fraction of sp³-hybridized carbons (Fsp3) is 0.105. The minimum absolute atomic E-state index is 0.184. The van der Waals surface area contributed by atoms with Crippen LogP contribution in [-0.4, -0.2) is 23.6 Å². The summed E-state index contributed by atoms with van der Waals surface area (Å²) in [6.07, 6.45) is 0. The molecule has 0 atom stereocenters. The number of carbonyl (C=O) groups is 2. The number of esters is 1. The van der Waals surface area contributed by atoms with Crippen molar-refractivity contribution in [2.45, 2.75) is 6.92 Å². The second-order valence-corrected chi connectivity index (χ2v) is 6.40. The number of nitrogens with zero attached hydrogens (tertiary/aromatic N) is 1. The Kier molecular flexibility index (Phi) is 5.78. The van der Waals surface area contributed by atoms with Crippen molar-refractivity contribution >= 4 is 40.8 Å². The zero-order valence-corrected chi connectivity index (χ0v) is 15.7. The number of anilines is 1. The van der Waals surface area contributed by atoms with E-state index in [0.29, 0.717) is 32.8 Å². The molecule has 27 heavy (non-hydrogen) atoms. The number of hydrogen-bond acceptors (Lipinski definition) is 5. The Balaban J connectivity index is 1.67. The van der Waals surface area contributed by atoms with Crippen LogP contribution >= 0.6 is 23.2 Å². The molecule has 0 radical (unpaired) electrons. The smallest absolute Gasteiger partial charge is 0.344 e. The topological polar surface area (TPSA) is 81.4 Å². The predicted octanol–water partition coefficient (Wildman–Crippen LogP) is 4.75. The van der Waals surface area contributed by atoms with E-state index in [4.69, 9.17) is 32.5 Å². The van der Waals surface area contributed by atoms with Crippen LogP contribution in [0.2, 0.25) is 10.0 Å². The molecule has 0 aliphatic heterocycles. The molecule has 138 valence electrons. The molecule has 8 heteroatoms. The van der Waals surface area contributed by atoms with E-state index in [1.54, 1.807) is 31.2 Å². The molecule has 0 spiro atoms. The van der Waals surface area contributed by atoms with Gasteiger partial charge in [-0.3, -0.25) is 4.79 Å². The van der Waals surface area contributed by atoms with Crippen molar-refractivity contribution < 1.29 is 18.8 Å². The van der Waals surface area contributed by atoms with Gasteiger partial charge in [-0.15, -0.1) is 0 Å². The van der Waals surface area contributed by atoms with Gasteiger partial charge >= 0.3 is 5.97 Å². The highest BCUT2D eigenvalue weighted by atomic mass is 35.5. The van der Waals surface area contributed by atoms with Gasteiger partial charge in [0.1, 0.15) is 17.0 Å². The molecule has 0 unspecified atom stereocenters. The molecule has 2 aromatic carbocycles. The first-order valence-corrected chi connectivity index (χ1v) is 8.65. The summed E-state index contributed by atoms with van der Waals surface area (Å²) in [5.74, 6) is -0.905. The second kappa shape index (κ2) is 8.24. The lowest BCUT2D eigenvalue weighted by atomic mass is 10.1. The molecular weight excluding hydrogens is 391 g/mol. The second-order valence-electron chi connectivity index (χ2n) is 5.58. The average Bonchev–Trinajstić information content (AvgIpc) is 3.05. The summed E-state index contributed by atoms with van der Waals surface area (Å²) in [4.78, 5) is 24.5. The van der Waals surface area contributed by atoms with Crippen LogP contribution in [0.1, 0.15) is 16.1 Å². The zero-order valence-electron chi connectivity index (χ0n) is 14.2. The Morgan fingerprint density at radius 2 is 1.85 bits per heavy atom. The van der Waals surface area contributed by atoms with E-state index in [2.05, 4.69) is 10.5 Å². The number of hydrogen-bond donors (Lipinski definition) is 1. The maximum atomic E-state index is 12.4. The quantitative estimate of drug-likeness (QED) is 0.620. The normalized spacial score (nSPS) is 10.5. The molecule has 1 N–H and O–H groups in total. The lowest BCUT2D eigenvalue weighted by Crippen LogP contribution is -2.21. The van der Waals surface area contributed by atoms with Gasteiger partial charge in [-0.25, -0.2) is 4.79 Å². The molecular formula is C19H14Cl2N2O4. The number of aryl methyl sites for hydroxylation is 1. The van der Waals surface area contributed by atoms with Crippen molar-refractivity contribution in [1.29, 1.82) is 0 Å². The van der Waals surface area contributed by atoms with E-state index in [9.17, 15) is 9.59 Å². The average molecular weight is 405 g/mol. The number of benzene rings is 2. The summed E-state index contributed by atoms with van der Waals surface area (Å²) in [7, 11) is 0. The van der Waals surface area contributed by atoms with Crippen LogP contribution in [0, 0.1) is 6.92 Å². The highest BCUT2D eigenvalue weighted by molar-refractivity contribution is 6.42. The summed E-state index contributed by atoms with van der Waals surface area (Å²) < 4.78 is 10.2. The SMILES string of the molecule is Cc1onc(-c2ccccc2)c1C(=O)OCC(=O)Nc1ccc(Cl)c(Cl)c1. The van der Waals surface area contributed by atoms with Gasteiger partial charge in [-0.05, 0) is 25.1 Å². The molecule has 0 bridgehead atoms. The number of nitrogens with one attached hydrogen (secondary N) is 1. The van der Waals surface area contributed by atoms with Crippen molar-refractivity contribution in [2.24, 2.45) is 0 Å². The minimum atomic E-state index is -0.697. The van der Waals surface area contributed by atoms with E-state index in [0.717, 1.165) is 0 Å². The van der Waals surface area contributed by atoms with Gasteiger partial charge in [-0.2, -0.15) is 0 Å². The van der Waals surface area contributed by atoms with Crippen LogP contribution < -0.4 is 5.32 Å². The lowest BCUT2D eigenvalue weighted by Gasteiger charge is -2.08. The Hall–Kier alpha value is -2.83. The van der Waals surface area contributed by atoms with Crippen molar-refractivity contribution in [2.75, 3.05) is 11.9 Å². The molecule has 0 saturated carbocycles. The third-order valence-electron chi connectivity index (χ3n) is 3.65. The first-order chi connectivity index (χ1) is 13.0. The van der Waals surface area contributed by atoms with Crippen LogP contribution in [-0.2, 0) is 9.53 Å². The first kappa shape index (κ1) is 18.9. The largest absolute Gasteiger partial charge is 0.452 e. The monoisotopic (exact) mass is 404 g/mol. The predicted molar refractivity (Wildman–Crippen MR) is 102 cm³/mol. The molecule has 0 saturated heterocycles. The maximum Gasteiger partial charge on any atom is 0.344 e. The summed E-state index contributed by atoms with van der Waals surface area (Å²) in [6.45, 7) is 1.13. The minimum Gasteiger partial charge on any atom is -0.452 e. The molecule has 6 nitrogen and oxygen atoms in total. The molecule has 3 rings (SSSR count). The fourth-order valence-electron chi connectivity index (χ4n) is 2.38. The number of aromatic nitrogens is 1. The van der Waals surface area contributed by atoms with Crippen LogP contribution in [0.4, 0.5) is 5.69 Å². The highest BCUT2D eigenvalue weighted by Gasteiger charge is 2.23. The summed E-state index contributed by atoms with van der Waals surface area (Å²) in [5, 5.41) is 7.17. The third-order valence-corrected chi connectivity index (χ3v) is 4.39.